The standard InChI is InChI=1S/C19H24N2O3/c1-3-14-4-5-18-16(9-14)17(8-13(2)20-18)19(23)21-6-7-24-12-15(10-21)11-22/h4-5,8-9,15,22H,3,6-7,10-12H2,1-2H3. The van der Waals surface area contributed by atoms with Crippen molar-refractivity contribution < 1.29 is 14.6 Å². The Morgan fingerprint density at radius 3 is 3.00 bits per heavy atom. The van der Waals surface area contributed by atoms with E-state index in [1.165, 1.54) is 5.56 Å². The van der Waals surface area contributed by atoms with Gasteiger partial charge in [0.2, 0.25) is 0 Å². The molecule has 128 valence electrons. The number of hydrogen-bond acceptors (Lipinski definition) is 4. The summed E-state index contributed by atoms with van der Waals surface area (Å²) in [4.78, 5) is 19.5. The van der Waals surface area contributed by atoms with E-state index >= 15 is 0 Å². The van der Waals surface area contributed by atoms with Crippen LogP contribution in [0.25, 0.3) is 10.9 Å². The average molecular weight is 328 g/mol. The van der Waals surface area contributed by atoms with Gasteiger partial charge >= 0.3 is 0 Å². The maximum atomic E-state index is 13.1. The van der Waals surface area contributed by atoms with Crippen LogP contribution >= 0.6 is 0 Å². The first-order chi connectivity index (χ1) is 11.6. The molecule has 2 heterocycles. The number of aryl methyl sites for hydroxylation is 2. The molecule has 5 nitrogen and oxygen atoms in total. The molecule has 0 bridgehead atoms. The van der Waals surface area contributed by atoms with E-state index in [0.29, 0.717) is 31.9 Å². The lowest BCUT2D eigenvalue weighted by molar-refractivity contribution is 0.0730. The smallest absolute Gasteiger partial charge is 0.254 e. The molecule has 2 aromatic rings. The molecule has 5 heteroatoms. The molecule has 1 aliphatic heterocycles. The van der Waals surface area contributed by atoms with E-state index in [2.05, 4.69) is 24.0 Å². The van der Waals surface area contributed by atoms with Crippen LogP contribution in [0.1, 0.15) is 28.5 Å². The number of aliphatic hydroxyl groups excluding tert-OH is 1. The van der Waals surface area contributed by atoms with Crippen LogP contribution in [0.4, 0.5) is 0 Å². The summed E-state index contributed by atoms with van der Waals surface area (Å²) in [5.74, 6) is -0.0421. The highest BCUT2D eigenvalue weighted by atomic mass is 16.5. The Labute approximate surface area is 142 Å². The van der Waals surface area contributed by atoms with Crippen LogP contribution in [0.3, 0.4) is 0 Å². The second-order valence-electron chi connectivity index (χ2n) is 6.39. The van der Waals surface area contributed by atoms with Gasteiger partial charge in [-0.1, -0.05) is 13.0 Å². The van der Waals surface area contributed by atoms with Gasteiger partial charge in [0.25, 0.3) is 5.91 Å². The van der Waals surface area contributed by atoms with Gasteiger partial charge in [0.15, 0.2) is 0 Å². The third-order valence-corrected chi connectivity index (χ3v) is 4.52. The molecule has 1 aromatic heterocycles. The number of carbonyl (C=O) groups excluding carboxylic acids is 1. The molecule has 1 aliphatic rings. The van der Waals surface area contributed by atoms with E-state index in [-0.39, 0.29) is 18.4 Å². The van der Waals surface area contributed by atoms with Crippen LogP contribution in [0.15, 0.2) is 24.3 Å². The molecule has 24 heavy (non-hydrogen) atoms. The van der Waals surface area contributed by atoms with Gasteiger partial charge in [-0.05, 0) is 37.1 Å². The summed E-state index contributed by atoms with van der Waals surface area (Å²) < 4.78 is 5.50. The molecular weight excluding hydrogens is 304 g/mol. The van der Waals surface area contributed by atoms with Crippen LogP contribution in [-0.4, -0.2) is 53.8 Å². The molecule has 0 spiro atoms. The highest BCUT2D eigenvalue weighted by Crippen LogP contribution is 2.23. The molecule has 1 amide bonds. The van der Waals surface area contributed by atoms with Crippen LogP contribution in [0.2, 0.25) is 0 Å². The number of rotatable bonds is 3. The molecule has 1 N–H and O–H groups in total. The van der Waals surface area contributed by atoms with Crippen molar-refractivity contribution in [3.63, 3.8) is 0 Å². The summed E-state index contributed by atoms with van der Waals surface area (Å²) in [6.07, 6.45) is 0.918. The van der Waals surface area contributed by atoms with Crippen LogP contribution in [0, 0.1) is 12.8 Å². The highest BCUT2D eigenvalue weighted by molar-refractivity contribution is 6.06. The molecule has 0 saturated carbocycles. The average Bonchev–Trinajstić information content (AvgIpc) is 2.85. The number of carbonyl (C=O) groups is 1. The van der Waals surface area contributed by atoms with Crippen LogP contribution < -0.4 is 0 Å². The number of ether oxygens (including phenoxy) is 1. The summed E-state index contributed by atoms with van der Waals surface area (Å²) in [6.45, 7) is 6.10. The highest BCUT2D eigenvalue weighted by Gasteiger charge is 2.24. The summed E-state index contributed by atoms with van der Waals surface area (Å²) in [7, 11) is 0. The Bertz CT molecular complexity index is 745. The minimum Gasteiger partial charge on any atom is -0.396 e. The third kappa shape index (κ3) is 3.42. The number of fused-ring (bicyclic) bond motifs is 1. The van der Waals surface area contributed by atoms with E-state index in [1.807, 2.05) is 19.1 Å². The second kappa shape index (κ2) is 7.28. The lowest BCUT2D eigenvalue weighted by Gasteiger charge is -2.23. The van der Waals surface area contributed by atoms with Crippen molar-refractivity contribution in [1.82, 2.24) is 9.88 Å². The molecule has 1 unspecified atom stereocenters. The fourth-order valence-corrected chi connectivity index (χ4v) is 3.15. The number of pyridine rings is 1. The number of amides is 1. The van der Waals surface area contributed by atoms with Gasteiger partial charge in [-0.2, -0.15) is 0 Å². The van der Waals surface area contributed by atoms with Crippen molar-refractivity contribution >= 4 is 16.8 Å². The largest absolute Gasteiger partial charge is 0.396 e. The summed E-state index contributed by atoms with van der Waals surface area (Å²) >= 11 is 0. The molecule has 3 rings (SSSR count). The van der Waals surface area contributed by atoms with Crippen LogP contribution in [-0.2, 0) is 11.2 Å². The number of aliphatic hydroxyl groups is 1. The monoisotopic (exact) mass is 328 g/mol. The first kappa shape index (κ1) is 16.9. The predicted molar refractivity (Wildman–Crippen MR) is 93.2 cm³/mol. The topological polar surface area (TPSA) is 62.7 Å². The van der Waals surface area contributed by atoms with E-state index < -0.39 is 0 Å². The van der Waals surface area contributed by atoms with Gasteiger partial charge in [0, 0.05) is 36.7 Å². The van der Waals surface area contributed by atoms with E-state index in [9.17, 15) is 9.90 Å². The fourth-order valence-electron chi connectivity index (χ4n) is 3.15. The molecular formula is C19H24N2O3. The number of aromatic nitrogens is 1. The molecule has 1 atom stereocenters. The molecule has 1 aromatic carbocycles. The minimum atomic E-state index is -0.0307. The van der Waals surface area contributed by atoms with Gasteiger partial charge in [-0.25, -0.2) is 0 Å². The molecule has 1 saturated heterocycles. The summed E-state index contributed by atoms with van der Waals surface area (Å²) in [6, 6.07) is 7.97. The van der Waals surface area contributed by atoms with Gasteiger partial charge in [-0.15, -0.1) is 0 Å². The minimum absolute atomic E-state index is 0.0114. The second-order valence-corrected chi connectivity index (χ2v) is 6.39. The first-order valence-electron chi connectivity index (χ1n) is 8.50. The Morgan fingerprint density at radius 2 is 2.25 bits per heavy atom. The zero-order valence-corrected chi connectivity index (χ0v) is 14.3. The van der Waals surface area contributed by atoms with Crippen molar-refractivity contribution in [3.05, 3.63) is 41.1 Å². The lowest BCUT2D eigenvalue weighted by atomic mass is 10.0. The molecule has 1 fully saturated rings. The maximum Gasteiger partial charge on any atom is 0.254 e. The normalized spacial score (nSPS) is 18.6. The lowest BCUT2D eigenvalue weighted by Crippen LogP contribution is -2.37. The van der Waals surface area contributed by atoms with E-state index in [0.717, 1.165) is 23.0 Å². The first-order valence-corrected chi connectivity index (χ1v) is 8.50. The predicted octanol–water partition coefficient (Wildman–Crippen LogP) is 2.19. The summed E-state index contributed by atoms with van der Waals surface area (Å²) in [5, 5.41) is 10.3. The van der Waals surface area contributed by atoms with Crippen molar-refractivity contribution in [1.29, 1.82) is 0 Å². The molecule has 0 aliphatic carbocycles. The van der Waals surface area contributed by atoms with Gasteiger partial charge in [-0.3, -0.25) is 9.78 Å². The van der Waals surface area contributed by atoms with Crippen LogP contribution in [0.5, 0.6) is 0 Å². The SMILES string of the molecule is CCc1ccc2nc(C)cc(C(=O)N3CCOCC(CO)C3)c2c1. The third-order valence-electron chi connectivity index (χ3n) is 4.52. The zero-order chi connectivity index (χ0) is 17.1. The summed E-state index contributed by atoms with van der Waals surface area (Å²) in [5.41, 5.74) is 3.56. The van der Waals surface area contributed by atoms with Crippen molar-refractivity contribution in [2.24, 2.45) is 5.92 Å². The number of benzene rings is 1. The molecule has 0 radical (unpaired) electrons. The van der Waals surface area contributed by atoms with Gasteiger partial charge in [0.1, 0.15) is 0 Å². The van der Waals surface area contributed by atoms with Crippen molar-refractivity contribution in [2.45, 2.75) is 20.3 Å². The quantitative estimate of drug-likeness (QED) is 0.938. The van der Waals surface area contributed by atoms with E-state index in [4.69, 9.17) is 4.74 Å². The maximum absolute atomic E-state index is 13.1. The Balaban J connectivity index is 2.01. The Hall–Kier alpha value is -1.98. The zero-order valence-electron chi connectivity index (χ0n) is 14.3. The number of nitrogens with zero attached hydrogens (tertiary/aromatic N) is 2. The van der Waals surface area contributed by atoms with Gasteiger partial charge in [0.05, 0.1) is 24.3 Å². The van der Waals surface area contributed by atoms with E-state index in [1.54, 1.807) is 4.90 Å². The van der Waals surface area contributed by atoms with Crippen molar-refractivity contribution in [2.75, 3.05) is 32.9 Å². The fraction of sp³-hybridized carbons (Fsp3) is 0.474. The Morgan fingerprint density at radius 1 is 1.42 bits per heavy atom. The van der Waals surface area contributed by atoms with Crippen molar-refractivity contribution in [3.8, 4) is 0 Å². The Kier molecular flexibility index (Phi) is 5.11. The number of hydrogen-bond donors (Lipinski definition) is 1. The van der Waals surface area contributed by atoms with Gasteiger partial charge < -0.3 is 14.7 Å².